The highest BCUT2D eigenvalue weighted by atomic mass is 32.1. The van der Waals surface area contributed by atoms with Crippen molar-refractivity contribution in [1.82, 2.24) is 14.5 Å². The number of rotatable bonds is 3. The molecular formula is C50H39N3S. The van der Waals surface area contributed by atoms with Gasteiger partial charge >= 0.3 is 0 Å². The highest BCUT2D eigenvalue weighted by Gasteiger charge is 2.38. The molecule has 0 N–H and O–H groups in total. The van der Waals surface area contributed by atoms with Crippen molar-refractivity contribution >= 4 is 75.0 Å². The second-order valence-corrected chi connectivity index (χ2v) is 17.5. The molecule has 0 spiro atoms. The molecule has 11 rings (SSSR count). The molecule has 3 aromatic heterocycles. The lowest BCUT2D eigenvalue weighted by atomic mass is 9.63. The van der Waals surface area contributed by atoms with E-state index in [1.807, 2.05) is 0 Å². The normalized spacial score (nSPS) is 15.2. The first-order chi connectivity index (χ1) is 26.3. The highest BCUT2D eigenvalue weighted by molar-refractivity contribution is 7.26. The number of nitrogens with zero attached hydrogens (tertiary/aromatic N) is 3. The molecule has 0 amide bonds. The summed E-state index contributed by atoms with van der Waals surface area (Å²) in [6.45, 7) is 9.68. The lowest BCUT2D eigenvalue weighted by molar-refractivity contribution is 0.332. The van der Waals surface area contributed by atoms with Crippen molar-refractivity contribution in [2.45, 2.75) is 51.4 Å². The lowest BCUT2D eigenvalue weighted by Crippen LogP contribution is -2.33. The Morgan fingerprint density at radius 1 is 0.519 bits per heavy atom. The van der Waals surface area contributed by atoms with E-state index in [4.69, 9.17) is 9.97 Å². The first kappa shape index (κ1) is 31.7. The minimum absolute atomic E-state index is 0.107. The maximum absolute atomic E-state index is 5.50. The van der Waals surface area contributed by atoms with Crippen molar-refractivity contribution < 1.29 is 0 Å². The molecule has 3 nitrogen and oxygen atoms in total. The van der Waals surface area contributed by atoms with Crippen molar-refractivity contribution in [2.75, 3.05) is 0 Å². The van der Waals surface area contributed by atoms with Crippen LogP contribution in [0.15, 0.2) is 140 Å². The Hall–Kier alpha value is -5.84. The third kappa shape index (κ3) is 4.53. The standard InChI is InChI=1S/C50H39N3S/c1-49(2)26-27-50(3,4)40-29-43-38(28-39(40)49)34-17-7-9-23-41(34)53(43)42-24-13-19-32-33(42)20-12-22-36(32)48-51-45(35-21-11-15-30-14-5-6-16-31(30)35)47-46(52-48)37-18-8-10-25-44(37)54-47/h5-25,28-29H,26-27H2,1-4H3. The Morgan fingerprint density at radius 3 is 2.00 bits per heavy atom. The fourth-order valence-electron chi connectivity index (χ4n) is 9.30. The van der Waals surface area contributed by atoms with Gasteiger partial charge in [0.25, 0.3) is 0 Å². The molecule has 0 radical (unpaired) electrons. The van der Waals surface area contributed by atoms with Crippen LogP contribution < -0.4 is 0 Å². The number of hydrogen-bond acceptors (Lipinski definition) is 3. The van der Waals surface area contributed by atoms with Gasteiger partial charge in [0.15, 0.2) is 5.82 Å². The molecule has 0 bridgehead atoms. The fourth-order valence-corrected chi connectivity index (χ4v) is 10.4. The van der Waals surface area contributed by atoms with Gasteiger partial charge in [0.1, 0.15) is 0 Å². The molecule has 0 saturated carbocycles. The van der Waals surface area contributed by atoms with E-state index in [-0.39, 0.29) is 10.8 Å². The van der Waals surface area contributed by atoms with Crippen LogP contribution >= 0.6 is 11.3 Å². The van der Waals surface area contributed by atoms with Crippen molar-refractivity contribution in [1.29, 1.82) is 0 Å². The van der Waals surface area contributed by atoms with Gasteiger partial charge in [-0.05, 0) is 81.3 Å². The van der Waals surface area contributed by atoms with Crippen LogP contribution in [0.5, 0.6) is 0 Å². The summed E-state index contributed by atoms with van der Waals surface area (Å²) in [4.78, 5) is 10.9. The molecule has 4 heteroatoms. The van der Waals surface area contributed by atoms with Crippen LogP contribution in [0.3, 0.4) is 0 Å². The van der Waals surface area contributed by atoms with Gasteiger partial charge < -0.3 is 4.57 Å². The van der Waals surface area contributed by atoms with Gasteiger partial charge in [0.2, 0.25) is 0 Å². The summed E-state index contributed by atoms with van der Waals surface area (Å²) in [5.74, 6) is 0.747. The lowest BCUT2D eigenvalue weighted by Gasteiger charge is -2.42. The van der Waals surface area contributed by atoms with Crippen LogP contribution in [0, 0.1) is 0 Å². The van der Waals surface area contributed by atoms with Gasteiger partial charge in [-0.25, -0.2) is 9.97 Å². The van der Waals surface area contributed by atoms with Gasteiger partial charge in [-0.1, -0.05) is 137 Å². The number of fused-ring (bicyclic) bond motifs is 9. The summed E-state index contributed by atoms with van der Waals surface area (Å²) in [5.41, 5.74) is 11.0. The van der Waals surface area contributed by atoms with Crippen LogP contribution in [0.2, 0.25) is 0 Å². The van der Waals surface area contributed by atoms with E-state index in [1.54, 1.807) is 11.3 Å². The Kier molecular flexibility index (Phi) is 6.65. The second kappa shape index (κ2) is 11.3. The van der Waals surface area contributed by atoms with Gasteiger partial charge in [-0.3, -0.25) is 0 Å². The highest BCUT2D eigenvalue weighted by Crippen LogP contribution is 2.49. The Balaban J connectivity index is 1.20. The Morgan fingerprint density at radius 2 is 1.15 bits per heavy atom. The zero-order chi connectivity index (χ0) is 36.3. The molecule has 0 aliphatic heterocycles. The maximum atomic E-state index is 5.50. The smallest absolute Gasteiger partial charge is 0.161 e. The third-order valence-electron chi connectivity index (χ3n) is 12.3. The number of aromatic nitrogens is 3. The number of thiophene rings is 1. The predicted octanol–water partition coefficient (Wildman–Crippen LogP) is 13.9. The molecule has 10 aromatic rings. The molecule has 3 heterocycles. The van der Waals surface area contributed by atoms with Crippen molar-refractivity contribution in [3.05, 3.63) is 151 Å². The van der Waals surface area contributed by atoms with E-state index >= 15 is 0 Å². The first-order valence-corrected chi connectivity index (χ1v) is 19.9. The summed E-state index contributed by atoms with van der Waals surface area (Å²) in [7, 11) is 0. The van der Waals surface area contributed by atoms with Crippen molar-refractivity contribution in [3.63, 3.8) is 0 Å². The fraction of sp³-hybridized carbons (Fsp3) is 0.160. The Labute approximate surface area is 318 Å². The van der Waals surface area contributed by atoms with Gasteiger partial charge in [-0.15, -0.1) is 11.3 Å². The van der Waals surface area contributed by atoms with Crippen LogP contribution in [-0.2, 0) is 10.8 Å². The second-order valence-electron chi connectivity index (χ2n) is 16.4. The molecule has 7 aromatic carbocycles. The molecule has 0 unspecified atom stereocenters. The molecule has 0 saturated heterocycles. The average molecular weight is 714 g/mol. The largest absolute Gasteiger partial charge is 0.309 e. The monoisotopic (exact) mass is 713 g/mol. The van der Waals surface area contributed by atoms with Crippen LogP contribution in [0.25, 0.3) is 92.0 Å². The Bertz CT molecular complexity index is 3170. The average Bonchev–Trinajstić information content (AvgIpc) is 3.74. The molecule has 260 valence electrons. The summed E-state index contributed by atoms with van der Waals surface area (Å²) in [6.07, 6.45) is 2.38. The summed E-state index contributed by atoms with van der Waals surface area (Å²) in [6, 6.07) is 51.1. The van der Waals surface area contributed by atoms with Crippen LogP contribution in [0.4, 0.5) is 0 Å². The molecule has 1 aliphatic rings. The van der Waals surface area contributed by atoms with Crippen LogP contribution in [-0.4, -0.2) is 14.5 Å². The molecule has 1 aliphatic carbocycles. The van der Waals surface area contributed by atoms with E-state index in [1.165, 1.54) is 77.7 Å². The topological polar surface area (TPSA) is 30.7 Å². The van der Waals surface area contributed by atoms with Gasteiger partial charge in [-0.2, -0.15) is 0 Å². The quantitative estimate of drug-likeness (QED) is 0.182. The molecule has 0 atom stereocenters. The van der Waals surface area contributed by atoms with Crippen LogP contribution in [0.1, 0.15) is 51.7 Å². The summed E-state index contributed by atoms with van der Waals surface area (Å²) in [5, 5.41) is 8.51. The SMILES string of the molecule is CC1(C)CCC(C)(C)c2cc3c(cc21)c1ccccc1n3-c1cccc2c(-c3nc(-c4cccc5ccccc45)c4sc5ccccc5c4n3)cccc12. The molecular weight excluding hydrogens is 675 g/mol. The maximum Gasteiger partial charge on any atom is 0.161 e. The van der Waals surface area contributed by atoms with Crippen molar-refractivity contribution in [3.8, 4) is 28.3 Å². The minimum atomic E-state index is 0.107. The third-order valence-corrected chi connectivity index (χ3v) is 13.5. The van der Waals surface area contributed by atoms with E-state index in [2.05, 4.69) is 172 Å². The van der Waals surface area contributed by atoms with Gasteiger partial charge in [0.05, 0.1) is 32.6 Å². The van der Waals surface area contributed by atoms with E-state index < -0.39 is 0 Å². The first-order valence-electron chi connectivity index (χ1n) is 19.0. The number of benzene rings is 7. The van der Waals surface area contributed by atoms with Gasteiger partial charge in [0, 0.05) is 37.4 Å². The molecule has 0 fully saturated rings. The van der Waals surface area contributed by atoms with E-state index in [0.717, 1.165) is 38.2 Å². The summed E-state index contributed by atoms with van der Waals surface area (Å²) >= 11 is 1.78. The predicted molar refractivity (Wildman–Crippen MR) is 230 cm³/mol. The number of para-hydroxylation sites is 1. The zero-order valence-electron chi connectivity index (χ0n) is 30.9. The number of hydrogen-bond donors (Lipinski definition) is 0. The summed E-state index contributed by atoms with van der Waals surface area (Å²) < 4.78 is 4.85. The van der Waals surface area contributed by atoms with Crippen molar-refractivity contribution in [2.24, 2.45) is 0 Å². The van der Waals surface area contributed by atoms with E-state index in [0.29, 0.717) is 0 Å². The molecule has 54 heavy (non-hydrogen) atoms. The zero-order valence-corrected chi connectivity index (χ0v) is 31.8. The van der Waals surface area contributed by atoms with E-state index in [9.17, 15) is 0 Å². The minimum Gasteiger partial charge on any atom is -0.309 e.